The second kappa shape index (κ2) is 38.7. The summed E-state index contributed by atoms with van der Waals surface area (Å²) in [6.45, 7) is 8.94. The average molecular weight is 1540 g/mol. The molecule has 0 radical (unpaired) electrons. The first kappa shape index (κ1) is 87.4. The topological polar surface area (TPSA) is 300 Å². The fourth-order valence-electron chi connectivity index (χ4n) is 17.1. The van der Waals surface area contributed by atoms with Crippen LogP contribution in [0.2, 0.25) is 0 Å². The Hall–Kier alpha value is -6.85. The van der Waals surface area contributed by atoms with Crippen molar-refractivity contribution in [2.75, 3.05) is 103 Å². The summed E-state index contributed by atoms with van der Waals surface area (Å²) in [5, 5.41) is 7.49. The fourth-order valence-corrected chi connectivity index (χ4v) is 17.6. The van der Waals surface area contributed by atoms with Crippen molar-refractivity contribution in [2.45, 2.75) is 267 Å². The summed E-state index contributed by atoms with van der Waals surface area (Å²) in [6.07, 6.45) is 2.64. The fraction of sp³-hybridized carbons (Fsp3) is 0.829. The second-order valence-electron chi connectivity index (χ2n) is 32.5. The molecule has 604 valence electrons. The van der Waals surface area contributed by atoms with Gasteiger partial charge in [0.15, 0.2) is 0 Å². The molecule has 7 rings (SSSR count). The van der Waals surface area contributed by atoms with Gasteiger partial charge in [-0.15, -0.1) is 11.6 Å². The molecule has 0 aromatic rings. The van der Waals surface area contributed by atoms with Crippen molar-refractivity contribution in [1.82, 2.24) is 64.9 Å². The zero-order valence-corrected chi connectivity index (χ0v) is 66.6. The largest absolute Gasteiger partial charge is 0.393 e. The Morgan fingerprint density at radius 3 is 1.82 bits per heavy atom. The molecule has 31 heteroatoms. The predicted molar refractivity (Wildman–Crippen MR) is 394 cm³/mol. The summed E-state index contributed by atoms with van der Waals surface area (Å²) in [4.78, 5) is 209. The molecular formula is C76H123ClF3N13O14. The number of nitrogens with one attached hydrogen (secondary N) is 3. The van der Waals surface area contributed by atoms with Crippen LogP contribution in [0, 0.1) is 35.5 Å². The molecule has 0 aromatic carbocycles. The monoisotopic (exact) mass is 1530 g/mol. The van der Waals surface area contributed by atoms with Crippen LogP contribution in [-0.2, 0) is 67.1 Å². The van der Waals surface area contributed by atoms with Gasteiger partial charge in [-0.05, 0) is 120 Å². The van der Waals surface area contributed by atoms with Crippen LogP contribution >= 0.6 is 11.6 Å². The van der Waals surface area contributed by atoms with E-state index in [2.05, 4.69) is 16.0 Å². The van der Waals surface area contributed by atoms with Crippen molar-refractivity contribution < 1.29 is 80.2 Å². The van der Waals surface area contributed by atoms with Crippen LogP contribution in [0.3, 0.4) is 0 Å². The van der Waals surface area contributed by atoms with Crippen LogP contribution in [0.5, 0.6) is 0 Å². The summed E-state index contributed by atoms with van der Waals surface area (Å²) < 4.78 is 48.0. The smallest absolute Gasteiger partial charge is 0.378 e. The predicted octanol–water partition coefficient (Wildman–Crippen LogP) is 5.18. The number of nitrogens with zero attached hydrogens (tertiary/aromatic N) is 10. The molecule has 3 unspecified atom stereocenters. The van der Waals surface area contributed by atoms with Crippen molar-refractivity contribution >= 4 is 88.4 Å². The number of halogens is 4. The van der Waals surface area contributed by atoms with Gasteiger partial charge in [-0.3, -0.25) is 62.3 Å². The quantitative estimate of drug-likeness (QED) is 0.189. The zero-order chi connectivity index (χ0) is 79.3. The lowest BCUT2D eigenvalue weighted by atomic mass is 9.78. The molecule has 3 heterocycles. The molecule has 7 fully saturated rings. The van der Waals surface area contributed by atoms with E-state index in [1.54, 1.807) is 6.92 Å². The summed E-state index contributed by atoms with van der Waals surface area (Å²) >= 11 is 6.44. The minimum absolute atomic E-state index is 0.000955. The first-order valence-corrected chi connectivity index (χ1v) is 39.6. The maximum absolute atomic E-state index is 15.9. The van der Waals surface area contributed by atoms with Gasteiger partial charge in [0.1, 0.15) is 59.9 Å². The summed E-state index contributed by atoms with van der Waals surface area (Å²) in [6, 6.07) is -11.6. The average Bonchev–Trinajstić information content (AvgIpc) is 1.77. The number of alkyl halides is 4. The van der Waals surface area contributed by atoms with Crippen LogP contribution in [0.4, 0.5) is 13.2 Å². The van der Waals surface area contributed by atoms with Crippen LogP contribution < -0.4 is 16.0 Å². The molecule has 27 nitrogen and oxygen atoms in total. The van der Waals surface area contributed by atoms with Gasteiger partial charge in [-0.1, -0.05) is 91.9 Å². The van der Waals surface area contributed by atoms with E-state index in [0.717, 1.165) is 41.9 Å². The maximum atomic E-state index is 15.9. The van der Waals surface area contributed by atoms with E-state index >= 15 is 38.4 Å². The molecule has 4 aliphatic carbocycles. The Morgan fingerprint density at radius 1 is 0.636 bits per heavy atom. The third-order valence-electron chi connectivity index (χ3n) is 24.6. The number of carbonyl (C=O) groups is 13. The molecule has 0 bridgehead atoms. The highest BCUT2D eigenvalue weighted by molar-refractivity contribution is 6.21. The van der Waals surface area contributed by atoms with Gasteiger partial charge in [-0.25, -0.2) is 0 Å². The number of morpholine rings is 1. The second-order valence-corrected chi connectivity index (χ2v) is 33.1. The standard InChI is InChI=1S/C76H123ClF3N13O14/c1-15-47(4)63-72(104)86(9)48(5)67(99)93-36-33-56(93)70(102)89(12)58(43-49-23-17-16-18-24-49)69(101)85(8)45-60(94)81-54(30-28-50-27-29-52(53(77)42-50)76(78,79)80)68(100)88(11)55(31-32-61(95)84(6)7)66(98)83-75(34-21-22-35-75)74(106)91(14)64(51-25-19-20-26-51)73(105)90(13)59(71(103)92-37-39-107-40-38-92)44-62(96)87(10)57(41-46(2)3)65(97)82-63/h46-59,63-64H,15-45H2,1-14H3,(H,81,94)(H,82,97)(H,83,98)/t47-,48-,50?,52?,53?,54-,55-,56-,57-,58-,59-,63-,64-/m0/s1. The molecule has 13 atom stereocenters. The van der Waals surface area contributed by atoms with E-state index in [0.29, 0.717) is 44.9 Å². The van der Waals surface area contributed by atoms with Crippen LogP contribution in [-0.4, -0.2) is 300 Å². The van der Waals surface area contributed by atoms with Crippen molar-refractivity contribution in [3.63, 3.8) is 0 Å². The number of rotatable bonds is 14. The minimum Gasteiger partial charge on any atom is -0.378 e. The number of fused-ring (bicyclic) bond motifs is 1. The van der Waals surface area contributed by atoms with E-state index in [1.807, 2.05) is 20.8 Å². The lowest BCUT2D eigenvalue weighted by Crippen LogP contribution is -2.65. The van der Waals surface area contributed by atoms with Gasteiger partial charge in [-0.2, -0.15) is 13.2 Å². The van der Waals surface area contributed by atoms with Gasteiger partial charge < -0.3 is 69.7 Å². The lowest BCUT2D eigenvalue weighted by molar-refractivity contribution is -0.182. The third kappa shape index (κ3) is 21.6. The van der Waals surface area contributed by atoms with Crippen molar-refractivity contribution in [1.29, 1.82) is 0 Å². The maximum Gasteiger partial charge on any atom is 0.393 e. The summed E-state index contributed by atoms with van der Waals surface area (Å²) in [5.74, 6) is -12.0. The van der Waals surface area contributed by atoms with E-state index in [1.165, 1.54) is 110 Å². The Labute approximate surface area is 635 Å². The van der Waals surface area contributed by atoms with Crippen LogP contribution in [0.15, 0.2) is 0 Å². The SMILES string of the molecule is CC[C@H](C)[C@@H]1NC(=O)[C@H](CC(C)C)N(C)C(=O)C[C@@H](C(=O)N2CCOCC2)N(C)C(=O)[C@H](C2CCCC2)N(C)C(=O)C2(CCCC2)NC(=O)[C@H](CCC(=O)N(C)C)N(C)C(=O)[C@H](CCC2CCC(C(F)(F)F)C(Cl)C2)NC(=O)CN(C)C(=O)[C@H](CC2CCCCC2)N(C)C(=O)[C@@H]2CCN2C(=O)[C@H](C)N(C)C1=O. The Kier molecular flexibility index (Phi) is 31.6. The molecule has 3 N–H and O–H groups in total. The molecule has 3 aliphatic heterocycles. The number of amides is 13. The van der Waals surface area contributed by atoms with Crippen molar-refractivity contribution in [3.8, 4) is 0 Å². The highest BCUT2D eigenvalue weighted by atomic mass is 35.5. The molecule has 4 saturated carbocycles. The number of carbonyl (C=O) groups excluding carboxylic acids is 13. The molecular weight excluding hydrogens is 1410 g/mol. The molecule has 13 amide bonds. The highest BCUT2D eigenvalue weighted by Crippen LogP contribution is 2.44. The van der Waals surface area contributed by atoms with Gasteiger partial charge >= 0.3 is 6.18 Å². The molecule has 7 aliphatic rings. The van der Waals surface area contributed by atoms with Gasteiger partial charge in [0.2, 0.25) is 76.8 Å². The van der Waals surface area contributed by atoms with Crippen molar-refractivity contribution in [3.05, 3.63) is 0 Å². The lowest BCUT2D eigenvalue weighted by Gasteiger charge is -2.45. The van der Waals surface area contributed by atoms with Crippen LogP contribution in [0.1, 0.15) is 195 Å². The van der Waals surface area contributed by atoms with E-state index in [9.17, 15) is 37.1 Å². The molecule has 3 saturated heterocycles. The Balaban J connectivity index is 1.33. The number of likely N-dealkylation sites (N-methyl/N-ethyl adjacent to an activating group) is 7. The van der Waals surface area contributed by atoms with Gasteiger partial charge in [0, 0.05) is 94.9 Å². The normalized spacial score (nSPS) is 30.0. The number of hydrogen-bond acceptors (Lipinski definition) is 14. The Morgan fingerprint density at radius 2 is 1.25 bits per heavy atom. The molecule has 1 spiro atoms. The van der Waals surface area contributed by atoms with Crippen molar-refractivity contribution in [2.24, 2.45) is 35.5 Å². The first-order valence-electron chi connectivity index (χ1n) is 39.2. The van der Waals surface area contributed by atoms with Gasteiger partial charge in [0.05, 0.1) is 32.1 Å². The molecule has 107 heavy (non-hydrogen) atoms. The van der Waals surface area contributed by atoms with E-state index in [4.69, 9.17) is 16.3 Å². The van der Waals surface area contributed by atoms with Gasteiger partial charge in [0.25, 0.3) is 0 Å². The Bertz CT molecular complexity index is 3160. The first-order chi connectivity index (χ1) is 50.3. The zero-order valence-electron chi connectivity index (χ0n) is 65.9. The number of hydrogen-bond donors (Lipinski definition) is 3. The summed E-state index contributed by atoms with van der Waals surface area (Å²) in [7, 11) is 12.9. The number of ether oxygens (including phenoxy) is 1. The molecule has 0 aromatic heterocycles. The van der Waals surface area contributed by atoms with E-state index in [-0.39, 0.29) is 122 Å². The van der Waals surface area contributed by atoms with Crippen LogP contribution in [0.25, 0.3) is 0 Å². The van der Waals surface area contributed by atoms with E-state index < -0.39 is 185 Å². The summed E-state index contributed by atoms with van der Waals surface area (Å²) in [5.41, 5.74) is -1.70. The third-order valence-corrected chi connectivity index (χ3v) is 25.0. The minimum atomic E-state index is -4.55. The highest BCUT2D eigenvalue weighted by Gasteiger charge is 2.53.